The van der Waals surface area contributed by atoms with Crippen LogP contribution in [0.25, 0.3) is 0 Å². The molecule has 4 rings (SSSR count). The quantitative estimate of drug-likeness (QED) is 0.397. The van der Waals surface area contributed by atoms with Gasteiger partial charge in [0.15, 0.2) is 5.92 Å². The summed E-state index contributed by atoms with van der Waals surface area (Å²) in [6.45, 7) is 1.96. The second kappa shape index (κ2) is 13.0. The fraction of sp³-hybridized carbons (Fsp3) is 0.517. The van der Waals surface area contributed by atoms with E-state index in [4.69, 9.17) is 16.3 Å². The van der Waals surface area contributed by atoms with Gasteiger partial charge in [-0.2, -0.15) is 13.2 Å². The van der Waals surface area contributed by atoms with Crippen molar-refractivity contribution in [2.75, 3.05) is 32.8 Å². The van der Waals surface area contributed by atoms with Gasteiger partial charge in [-0.25, -0.2) is 0 Å². The van der Waals surface area contributed by atoms with Gasteiger partial charge in [-0.05, 0) is 61.8 Å². The normalized spacial score (nSPS) is 19.3. The average Bonchev–Trinajstić information content (AvgIpc) is 3.34. The summed E-state index contributed by atoms with van der Waals surface area (Å²) in [7, 11) is 0. The molecule has 1 N–H and O–H groups in total. The molecule has 0 aromatic heterocycles. The van der Waals surface area contributed by atoms with Crippen LogP contribution in [-0.2, 0) is 4.79 Å². The lowest BCUT2D eigenvalue weighted by Gasteiger charge is -2.35. The highest BCUT2D eigenvalue weighted by atomic mass is 35.5. The zero-order valence-corrected chi connectivity index (χ0v) is 22.5. The van der Waals surface area contributed by atoms with E-state index < -0.39 is 24.1 Å². The number of aliphatic hydroxyl groups is 1. The average molecular weight is 567 g/mol. The van der Waals surface area contributed by atoms with Gasteiger partial charge >= 0.3 is 6.18 Å². The number of unbranched alkanes of at least 4 members (excludes halogenated alkanes) is 1. The number of aliphatic hydroxyl groups excluding tert-OH is 1. The molecular formula is C29H34ClF3N2O4. The molecule has 0 spiro atoms. The molecule has 2 aliphatic rings. The Morgan fingerprint density at radius 2 is 1.69 bits per heavy atom. The summed E-state index contributed by atoms with van der Waals surface area (Å²) in [5.41, 5.74) is 0.361. The van der Waals surface area contributed by atoms with E-state index in [0.717, 1.165) is 19.3 Å². The number of carbonyl (C=O) groups excluding carboxylic acids is 2. The first-order valence-electron chi connectivity index (χ1n) is 13.4. The van der Waals surface area contributed by atoms with Gasteiger partial charge in [-0.15, -0.1) is 0 Å². The number of benzene rings is 2. The summed E-state index contributed by atoms with van der Waals surface area (Å²) < 4.78 is 46.9. The predicted molar refractivity (Wildman–Crippen MR) is 142 cm³/mol. The summed E-state index contributed by atoms with van der Waals surface area (Å²) in [5, 5.41) is 9.96. The van der Waals surface area contributed by atoms with Crippen LogP contribution < -0.4 is 4.74 Å². The molecule has 2 aromatic carbocycles. The molecule has 0 aliphatic carbocycles. The number of rotatable bonds is 9. The Morgan fingerprint density at radius 1 is 1.00 bits per heavy atom. The number of amides is 2. The highest BCUT2D eigenvalue weighted by molar-refractivity contribution is 6.34. The molecule has 2 saturated heterocycles. The van der Waals surface area contributed by atoms with Crippen molar-refractivity contribution in [2.24, 2.45) is 5.92 Å². The highest BCUT2D eigenvalue weighted by Crippen LogP contribution is 2.37. The Labute approximate surface area is 231 Å². The molecule has 0 saturated carbocycles. The minimum Gasteiger partial charge on any atom is -0.494 e. The smallest absolute Gasteiger partial charge is 0.404 e. The summed E-state index contributed by atoms with van der Waals surface area (Å²) in [6.07, 6.45) is -0.574. The van der Waals surface area contributed by atoms with Gasteiger partial charge in [-0.3, -0.25) is 9.59 Å². The molecule has 2 heterocycles. The molecule has 2 fully saturated rings. The van der Waals surface area contributed by atoms with Gasteiger partial charge in [0, 0.05) is 26.2 Å². The van der Waals surface area contributed by atoms with Crippen molar-refractivity contribution in [3.63, 3.8) is 0 Å². The van der Waals surface area contributed by atoms with E-state index in [2.05, 4.69) is 0 Å². The van der Waals surface area contributed by atoms with Crippen molar-refractivity contribution in [2.45, 2.75) is 56.7 Å². The van der Waals surface area contributed by atoms with Crippen LogP contribution in [0.1, 0.15) is 60.4 Å². The van der Waals surface area contributed by atoms with Crippen molar-refractivity contribution in [3.05, 3.63) is 64.7 Å². The monoisotopic (exact) mass is 566 g/mol. The fourth-order valence-corrected chi connectivity index (χ4v) is 5.57. The molecule has 212 valence electrons. The predicted octanol–water partition coefficient (Wildman–Crippen LogP) is 5.68. The number of ether oxygens (including phenoxy) is 1. The third kappa shape index (κ3) is 7.66. The van der Waals surface area contributed by atoms with E-state index in [1.54, 1.807) is 29.2 Å². The largest absolute Gasteiger partial charge is 0.494 e. The van der Waals surface area contributed by atoms with Crippen LogP contribution in [0, 0.1) is 5.92 Å². The van der Waals surface area contributed by atoms with Gasteiger partial charge in [-0.1, -0.05) is 48.4 Å². The van der Waals surface area contributed by atoms with Crippen LogP contribution in [0.2, 0.25) is 5.02 Å². The first-order chi connectivity index (χ1) is 18.6. The fourth-order valence-electron chi connectivity index (χ4n) is 5.32. The van der Waals surface area contributed by atoms with Crippen molar-refractivity contribution in [1.29, 1.82) is 0 Å². The Bertz CT molecular complexity index is 1120. The maximum Gasteiger partial charge on any atom is 0.404 e. The van der Waals surface area contributed by atoms with Gasteiger partial charge < -0.3 is 19.6 Å². The molecule has 6 nitrogen and oxygen atoms in total. The zero-order valence-electron chi connectivity index (χ0n) is 21.7. The standard InChI is InChI=1S/C29H34ClF3N2O4/c30-25-18-23(9-10-24(25)27(37)35-16-13-22(36)19-35)39-17-5-4-6-20-11-14-34(15-12-20)28(38)26(29(31,32)33)21-7-2-1-3-8-21/h1-3,7-10,18,20,22,26,36H,4-6,11-17,19H2/t22-,26+/m1/s1. The molecule has 39 heavy (non-hydrogen) atoms. The van der Waals surface area contributed by atoms with Gasteiger partial charge in [0.2, 0.25) is 5.91 Å². The van der Waals surface area contributed by atoms with Gasteiger partial charge in [0.25, 0.3) is 5.91 Å². The number of β-amino-alcohol motifs (C(OH)–C–C–N with tert-alkyl or cyclic N) is 1. The summed E-state index contributed by atoms with van der Waals surface area (Å²) in [6, 6.07) is 12.4. The molecule has 2 amide bonds. The first kappa shape index (κ1) is 29.2. The van der Waals surface area contributed by atoms with Crippen LogP contribution in [0.3, 0.4) is 0 Å². The second-order valence-corrected chi connectivity index (χ2v) is 10.7. The molecule has 0 bridgehead atoms. The van der Waals surface area contributed by atoms with E-state index in [0.29, 0.717) is 74.3 Å². The number of hydrogen-bond acceptors (Lipinski definition) is 4. The number of hydrogen-bond donors (Lipinski definition) is 1. The summed E-state index contributed by atoms with van der Waals surface area (Å²) in [4.78, 5) is 28.3. The Morgan fingerprint density at radius 3 is 2.31 bits per heavy atom. The summed E-state index contributed by atoms with van der Waals surface area (Å²) in [5.74, 6) is -2.27. The van der Waals surface area contributed by atoms with Gasteiger partial charge in [0.1, 0.15) is 5.75 Å². The van der Waals surface area contributed by atoms with Crippen LogP contribution in [0.5, 0.6) is 5.75 Å². The van der Waals surface area contributed by atoms with Crippen LogP contribution >= 0.6 is 11.6 Å². The molecule has 2 aromatic rings. The van der Waals surface area contributed by atoms with Crippen LogP contribution in [0.15, 0.2) is 48.5 Å². The maximum absolute atomic E-state index is 13.7. The second-order valence-electron chi connectivity index (χ2n) is 10.3. The van der Waals surface area contributed by atoms with E-state index >= 15 is 0 Å². The Kier molecular flexibility index (Phi) is 9.77. The minimum absolute atomic E-state index is 0.0221. The number of carbonyl (C=O) groups is 2. The van der Waals surface area contributed by atoms with E-state index in [1.807, 2.05) is 0 Å². The molecule has 10 heteroatoms. The number of halogens is 4. The van der Waals surface area contributed by atoms with E-state index in [1.165, 1.54) is 29.2 Å². The third-order valence-corrected chi connectivity index (χ3v) is 7.84. The van der Waals surface area contributed by atoms with Crippen LogP contribution in [0.4, 0.5) is 13.2 Å². The Hall–Kier alpha value is -2.78. The van der Waals surface area contributed by atoms with Crippen molar-refractivity contribution >= 4 is 23.4 Å². The molecule has 2 atom stereocenters. The minimum atomic E-state index is -4.63. The van der Waals surface area contributed by atoms with Crippen LogP contribution in [-0.4, -0.2) is 71.8 Å². The number of nitrogens with zero attached hydrogens (tertiary/aromatic N) is 2. The number of alkyl halides is 3. The lowest BCUT2D eigenvalue weighted by molar-refractivity contribution is -0.172. The van der Waals surface area contributed by atoms with E-state index in [9.17, 15) is 27.9 Å². The lowest BCUT2D eigenvalue weighted by atomic mass is 9.90. The van der Waals surface area contributed by atoms with Gasteiger partial charge in [0.05, 0.1) is 23.3 Å². The lowest BCUT2D eigenvalue weighted by Crippen LogP contribution is -2.44. The summed E-state index contributed by atoms with van der Waals surface area (Å²) >= 11 is 6.31. The van der Waals surface area contributed by atoms with Crippen molar-refractivity contribution < 1.29 is 32.6 Å². The van der Waals surface area contributed by atoms with E-state index in [-0.39, 0.29) is 11.5 Å². The maximum atomic E-state index is 13.7. The molecule has 0 radical (unpaired) electrons. The zero-order chi connectivity index (χ0) is 28.0. The SMILES string of the molecule is O=C(c1ccc(OCCCCC2CCN(C(=O)[C@H](c3ccccc3)C(F)(F)F)CC2)cc1Cl)N1CC[C@@H](O)C1. The topological polar surface area (TPSA) is 70.1 Å². The molecular weight excluding hydrogens is 533 g/mol. The Balaban J connectivity index is 1.17. The number of likely N-dealkylation sites (tertiary alicyclic amines) is 2. The van der Waals surface area contributed by atoms with Crippen molar-refractivity contribution in [3.8, 4) is 5.75 Å². The first-order valence-corrected chi connectivity index (χ1v) is 13.8. The third-order valence-electron chi connectivity index (χ3n) is 7.53. The number of piperidine rings is 1. The van der Waals surface area contributed by atoms with Crippen molar-refractivity contribution in [1.82, 2.24) is 9.80 Å². The molecule has 0 unspecified atom stereocenters. The highest BCUT2D eigenvalue weighted by Gasteiger charge is 2.47. The molecule has 2 aliphatic heterocycles.